The molecule has 0 spiro atoms. The zero-order chi connectivity index (χ0) is 20.2. The smallest absolute Gasteiger partial charge is 0.293 e. The first-order valence-corrected chi connectivity index (χ1v) is 9.43. The minimum atomic E-state index is -0.455. The van der Waals surface area contributed by atoms with Crippen LogP contribution in [0.1, 0.15) is 28.9 Å². The lowest BCUT2D eigenvalue weighted by Crippen LogP contribution is -2.44. The van der Waals surface area contributed by atoms with E-state index in [4.69, 9.17) is 9.47 Å². The van der Waals surface area contributed by atoms with Gasteiger partial charge in [-0.1, -0.05) is 30.3 Å². The van der Waals surface area contributed by atoms with Gasteiger partial charge in [-0.25, -0.2) is 0 Å². The zero-order valence-electron chi connectivity index (χ0n) is 16.0. The number of carbonyl (C=O) groups excluding carboxylic acids is 2. The van der Waals surface area contributed by atoms with Crippen molar-refractivity contribution in [3.8, 4) is 11.5 Å². The van der Waals surface area contributed by atoms with Gasteiger partial charge in [-0.2, -0.15) is 4.57 Å². The molecule has 0 fully saturated rings. The monoisotopic (exact) mass is 389 g/mol. The van der Waals surface area contributed by atoms with Gasteiger partial charge < -0.3 is 14.8 Å². The number of ketones is 1. The van der Waals surface area contributed by atoms with Gasteiger partial charge in [-0.15, -0.1) is 0 Å². The van der Waals surface area contributed by atoms with Crippen LogP contribution >= 0.6 is 0 Å². The minimum absolute atomic E-state index is 0.0499. The molecule has 1 N–H and O–H groups in total. The van der Waals surface area contributed by atoms with Gasteiger partial charge in [0, 0.05) is 41.9 Å². The maximum atomic E-state index is 12.7. The number of benzene rings is 2. The number of rotatable bonds is 5. The average molecular weight is 389 g/mol. The lowest BCUT2D eigenvalue weighted by atomic mass is 10.0. The number of nitrogens with one attached hydrogen (secondary N) is 1. The molecule has 0 saturated heterocycles. The number of nitrogens with zero attached hydrogens (tertiary/aromatic N) is 1. The molecule has 0 saturated carbocycles. The molecule has 3 aromatic rings. The van der Waals surface area contributed by atoms with Gasteiger partial charge in [0.25, 0.3) is 5.91 Å². The summed E-state index contributed by atoms with van der Waals surface area (Å²) in [7, 11) is 0. The molecular weight excluding hydrogens is 368 g/mol. The Hall–Kier alpha value is -3.67. The van der Waals surface area contributed by atoms with Gasteiger partial charge in [0.1, 0.15) is 13.2 Å². The largest absolute Gasteiger partial charge is 0.486 e. The second-order valence-corrected chi connectivity index (χ2v) is 6.75. The molecule has 146 valence electrons. The molecule has 2 heterocycles. The summed E-state index contributed by atoms with van der Waals surface area (Å²) in [5.41, 5.74) is 1.85. The van der Waals surface area contributed by atoms with Crippen LogP contribution in [0.25, 0.3) is 0 Å². The van der Waals surface area contributed by atoms with Crippen LogP contribution in [0.5, 0.6) is 11.5 Å². The average Bonchev–Trinajstić information content (AvgIpc) is 2.78. The molecule has 1 aliphatic heterocycles. The van der Waals surface area contributed by atoms with E-state index in [1.807, 2.05) is 18.2 Å². The highest BCUT2D eigenvalue weighted by atomic mass is 16.6. The van der Waals surface area contributed by atoms with Crippen LogP contribution < -0.4 is 19.4 Å². The van der Waals surface area contributed by atoms with Gasteiger partial charge in [-0.05, 0) is 12.1 Å². The summed E-state index contributed by atoms with van der Waals surface area (Å²) in [5, 5.41) is 2.89. The van der Waals surface area contributed by atoms with E-state index in [0.717, 1.165) is 0 Å². The molecule has 1 atom stereocenters. The Morgan fingerprint density at radius 1 is 0.897 bits per heavy atom. The van der Waals surface area contributed by atoms with Crippen LogP contribution in [0.2, 0.25) is 0 Å². The Kier molecular flexibility index (Phi) is 5.24. The number of carbonyl (C=O) groups is 2. The number of pyridine rings is 1. The van der Waals surface area contributed by atoms with Crippen molar-refractivity contribution in [2.24, 2.45) is 0 Å². The summed E-state index contributed by atoms with van der Waals surface area (Å²) in [5.74, 6) is 1.08. The molecule has 4 rings (SSSR count). The van der Waals surface area contributed by atoms with E-state index in [2.05, 4.69) is 5.32 Å². The van der Waals surface area contributed by atoms with E-state index in [-0.39, 0.29) is 11.7 Å². The van der Waals surface area contributed by atoms with Crippen molar-refractivity contribution in [1.29, 1.82) is 0 Å². The fraction of sp³-hybridized carbons (Fsp3) is 0.174. The van der Waals surface area contributed by atoms with Crippen molar-refractivity contribution >= 4 is 17.4 Å². The first kappa shape index (κ1) is 18.7. The fourth-order valence-corrected chi connectivity index (χ4v) is 3.11. The maximum Gasteiger partial charge on any atom is 0.293 e. The number of anilines is 1. The van der Waals surface area contributed by atoms with E-state index in [1.54, 1.807) is 66.3 Å². The predicted molar refractivity (Wildman–Crippen MR) is 107 cm³/mol. The first-order valence-electron chi connectivity index (χ1n) is 9.43. The number of aromatic nitrogens is 1. The molecule has 29 heavy (non-hydrogen) atoms. The van der Waals surface area contributed by atoms with Crippen LogP contribution in [0.4, 0.5) is 5.69 Å². The minimum Gasteiger partial charge on any atom is -0.486 e. The third-order valence-corrected chi connectivity index (χ3v) is 4.79. The molecule has 1 aliphatic rings. The SMILES string of the molecule is C[C@H](C(=O)Nc1ccc2c(c1)OCCO2)[n+]1ccc(C(=O)c2ccccc2)cc1. The number of hydrogen-bond acceptors (Lipinski definition) is 4. The summed E-state index contributed by atoms with van der Waals surface area (Å²) < 4.78 is 12.8. The first-order chi connectivity index (χ1) is 14.1. The second kappa shape index (κ2) is 8.14. The second-order valence-electron chi connectivity index (χ2n) is 6.75. The van der Waals surface area contributed by atoms with Gasteiger partial charge >= 0.3 is 0 Å². The highest BCUT2D eigenvalue weighted by Crippen LogP contribution is 2.32. The molecule has 6 nitrogen and oxygen atoms in total. The number of amides is 1. The van der Waals surface area contributed by atoms with Gasteiger partial charge in [0.15, 0.2) is 29.7 Å². The summed E-state index contributed by atoms with van der Waals surface area (Å²) in [6.07, 6.45) is 3.48. The topological polar surface area (TPSA) is 68.5 Å². The molecule has 0 aliphatic carbocycles. The third-order valence-electron chi connectivity index (χ3n) is 4.79. The lowest BCUT2D eigenvalue weighted by molar-refractivity contribution is -0.705. The molecule has 1 aromatic heterocycles. The maximum absolute atomic E-state index is 12.7. The lowest BCUT2D eigenvalue weighted by Gasteiger charge is -2.19. The van der Waals surface area contributed by atoms with E-state index < -0.39 is 6.04 Å². The molecule has 1 amide bonds. The Labute approximate surface area is 168 Å². The summed E-state index contributed by atoms with van der Waals surface area (Å²) in [4.78, 5) is 25.2. The highest BCUT2D eigenvalue weighted by Gasteiger charge is 2.23. The summed E-state index contributed by atoms with van der Waals surface area (Å²) in [6, 6.07) is 17.4. The molecular formula is C23H21N2O4+. The van der Waals surface area contributed by atoms with Crippen LogP contribution in [0, 0.1) is 0 Å². The van der Waals surface area contributed by atoms with Crippen molar-refractivity contribution in [1.82, 2.24) is 0 Å². The van der Waals surface area contributed by atoms with Crippen molar-refractivity contribution in [2.75, 3.05) is 18.5 Å². The Bertz CT molecular complexity index is 1030. The molecule has 6 heteroatoms. The molecule has 0 radical (unpaired) electrons. The van der Waals surface area contributed by atoms with Crippen molar-refractivity contribution < 1.29 is 23.6 Å². The van der Waals surface area contributed by atoms with Crippen molar-refractivity contribution in [2.45, 2.75) is 13.0 Å². The van der Waals surface area contributed by atoms with Gasteiger partial charge in [0.05, 0.1) is 0 Å². The summed E-state index contributed by atoms with van der Waals surface area (Å²) >= 11 is 0. The van der Waals surface area contributed by atoms with E-state index in [9.17, 15) is 9.59 Å². The van der Waals surface area contributed by atoms with E-state index in [0.29, 0.717) is 41.5 Å². The van der Waals surface area contributed by atoms with E-state index in [1.165, 1.54) is 0 Å². The van der Waals surface area contributed by atoms with Gasteiger partial charge in [-0.3, -0.25) is 9.59 Å². The Morgan fingerprint density at radius 3 is 2.28 bits per heavy atom. The van der Waals surface area contributed by atoms with Gasteiger partial charge in [0.2, 0.25) is 6.04 Å². The van der Waals surface area contributed by atoms with Crippen LogP contribution in [0.15, 0.2) is 73.1 Å². The van der Waals surface area contributed by atoms with Crippen LogP contribution in [-0.4, -0.2) is 24.9 Å². The number of ether oxygens (including phenoxy) is 2. The van der Waals surface area contributed by atoms with Crippen LogP contribution in [-0.2, 0) is 4.79 Å². The van der Waals surface area contributed by atoms with Crippen molar-refractivity contribution in [3.05, 3.63) is 84.2 Å². The van der Waals surface area contributed by atoms with Crippen LogP contribution in [0.3, 0.4) is 0 Å². The summed E-state index contributed by atoms with van der Waals surface area (Å²) in [6.45, 7) is 2.81. The standard InChI is InChI=1S/C23H20N2O4/c1-16(23(27)24-19-7-8-20-21(15-19)29-14-13-28-20)25-11-9-18(10-12-25)22(26)17-5-3-2-4-6-17/h2-12,15-16H,13-14H2,1H3/p+1/t16-/m1/s1. The predicted octanol–water partition coefficient (Wildman–Crippen LogP) is 3.18. The van der Waals surface area contributed by atoms with E-state index >= 15 is 0 Å². The molecule has 0 unspecified atom stereocenters. The third kappa shape index (κ3) is 4.11. The van der Waals surface area contributed by atoms with Crippen molar-refractivity contribution in [3.63, 3.8) is 0 Å². The number of fused-ring (bicyclic) bond motifs is 1. The normalized spacial score (nSPS) is 13.4. The Morgan fingerprint density at radius 2 is 1.55 bits per heavy atom. The molecule has 2 aromatic carbocycles. The molecule has 0 bridgehead atoms. The highest BCUT2D eigenvalue weighted by molar-refractivity contribution is 6.08. The number of hydrogen-bond donors (Lipinski definition) is 1. The Balaban J connectivity index is 1.44. The zero-order valence-corrected chi connectivity index (χ0v) is 16.0. The fourth-order valence-electron chi connectivity index (χ4n) is 3.11. The quantitative estimate of drug-likeness (QED) is 0.538.